The summed E-state index contributed by atoms with van der Waals surface area (Å²) in [7, 11) is 1.83. The van der Waals surface area contributed by atoms with Gasteiger partial charge in [-0.05, 0) is 47.0 Å². The highest BCUT2D eigenvalue weighted by Crippen LogP contribution is 2.33. The van der Waals surface area contributed by atoms with E-state index >= 15 is 0 Å². The Morgan fingerprint density at radius 1 is 1.10 bits per heavy atom. The molecule has 0 unspecified atom stereocenters. The fourth-order valence-electron chi connectivity index (χ4n) is 3.98. The summed E-state index contributed by atoms with van der Waals surface area (Å²) in [6.07, 6.45) is 5.36. The SMILES string of the molecule is CNc1nn(C2CCN(c3ncc(Br)cn3)CC2)c2cc(-c3ccccc3O)nnc12. The van der Waals surface area contributed by atoms with Crippen LogP contribution in [0.3, 0.4) is 0 Å². The number of aromatic nitrogens is 6. The zero-order valence-electron chi connectivity index (χ0n) is 16.9. The number of phenolic OH excluding ortho intramolecular Hbond substituents is 1. The van der Waals surface area contributed by atoms with Crippen LogP contribution >= 0.6 is 15.9 Å². The minimum Gasteiger partial charge on any atom is -0.507 e. The average Bonchev–Trinajstić information content (AvgIpc) is 3.18. The number of piperidine rings is 1. The van der Waals surface area contributed by atoms with Gasteiger partial charge in [0.05, 0.1) is 21.7 Å². The summed E-state index contributed by atoms with van der Waals surface area (Å²) >= 11 is 3.38. The fourth-order valence-corrected chi connectivity index (χ4v) is 4.19. The molecule has 1 aliphatic rings. The summed E-state index contributed by atoms with van der Waals surface area (Å²) < 4.78 is 2.91. The Balaban J connectivity index is 1.46. The van der Waals surface area contributed by atoms with Crippen molar-refractivity contribution in [2.75, 3.05) is 30.4 Å². The van der Waals surface area contributed by atoms with Crippen LogP contribution in [0.4, 0.5) is 11.8 Å². The molecule has 4 heterocycles. The molecule has 1 saturated heterocycles. The lowest BCUT2D eigenvalue weighted by atomic mass is 10.1. The van der Waals surface area contributed by atoms with E-state index in [9.17, 15) is 5.11 Å². The number of hydrogen-bond acceptors (Lipinski definition) is 8. The Hall–Kier alpha value is -3.27. The van der Waals surface area contributed by atoms with Gasteiger partial charge in [-0.15, -0.1) is 10.2 Å². The summed E-state index contributed by atoms with van der Waals surface area (Å²) in [5, 5.41) is 26.9. The molecule has 10 heteroatoms. The quantitative estimate of drug-likeness (QED) is 0.456. The van der Waals surface area contributed by atoms with Crippen molar-refractivity contribution in [1.29, 1.82) is 0 Å². The van der Waals surface area contributed by atoms with E-state index in [-0.39, 0.29) is 11.8 Å². The van der Waals surface area contributed by atoms with Gasteiger partial charge in [0.25, 0.3) is 0 Å². The third kappa shape index (κ3) is 3.67. The molecular weight excluding hydrogens is 460 g/mol. The second-order valence-electron chi connectivity index (χ2n) is 7.44. The van der Waals surface area contributed by atoms with Crippen molar-refractivity contribution in [3.63, 3.8) is 0 Å². The highest BCUT2D eigenvalue weighted by molar-refractivity contribution is 9.10. The van der Waals surface area contributed by atoms with Gasteiger partial charge in [0.2, 0.25) is 5.95 Å². The zero-order valence-corrected chi connectivity index (χ0v) is 18.5. The van der Waals surface area contributed by atoms with E-state index in [1.54, 1.807) is 24.5 Å². The number of nitrogens with one attached hydrogen (secondary N) is 1. The van der Waals surface area contributed by atoms with Gasteiger partial charge in [0, 0.05) is 38.1 Å². The zero-order chi connectivity index (χ0) is 21.4. The van der Waals surface area contributed by atoms with Crippen LogP contribution < -0.4 is 10.2 Å². The van der Waals surface area contributed by atoms with Crippen molar-refractivity contribution in [3.05, 3.63) is 47.2 Å². The Labute approximate surface area is 187 Å². The predicted octanol–water partition coefficient (Wildman–Crippen LogP) is 3.63. The average molecular weight is 481 g/mol. The largest absolute Gasteiger partial charge is 0.507 e. The first kappa shape index (κ1) is 19.7. The molecule has 31 heavy (non-hydrogen) atoms. The normalized spacial score (nSPS) is 14.8. The summed E-state index contributed by atoms with van der Waals surface area (Å²) in [4.78, 5) is 11.0. The molecule has 0 bridgehead atoms. The van der Waals surface area contributed by atoms with Crippen LogP contribution in [0.15, 0.2) is 47.2 Å². The van der Waals surface area contributed by atoms with Gasteiger partial charge >= 0.3 is 0 Å². The van der Waals surface area contributed by atoms with Gasteiger partial charge in [0.15, 0.2) is 11.3 Å². The van der Waals surface area contributed by atoms with Crippen LogP contribution in [-0.2, 0) is 0 Å². The number of halogens is 1. The standard InChI is InChI=1S/C21H21BrN8O/c1-23-20-19-17(10-16(26-27-19)15-4-2-3-5-18(15)31)30(28-20)14-6-8-29(9-7-14)21-24-11-13(22)12-25-21/h2-5,10-12,14,31H,6-9H2,1H3,(H,23,28). The fraction of sp³-hybridized carbons (Fsp3) is 0.286. The molecule has 1 aliphatic heterocycles. The van der Waals surface area contributed by atoms with Crippen LogP contribution in [0.2, 0.25) is 0 Å². The molecule has 5 rings (SSSR count). The van der Waals surface area contributed by atoms with Crippen molar-refractivity contribution < 1.29 is 5.11 Å². The molecule has 4 aromatic rings. The van der Waals surface area contributed by atoms with Crippen LogP contribution in [-0.4, -0.2) is 55.2 Å². The summed E-state index contributed by atoms with van der Waals surface area (Å²) in [5.41, 5.74) is 2.89. The molecule has 2 N–H and O–H groups in total. The number of anilines is 2. The van der Waals surface area contributed by atoms with Gasteiger partial charge in [-0.25, -0.2) is 9.97 Å². The highest BCUT2D eigenvalue weighted by Gasteiger charge is 2.26. The number of hydrogen-bond donors (Lipinski definition) is 2. The van der Waals surface area contributed by atoms with Gasteiger partial charge in [-0.2, -0.15) is 5.10 Å². The first-order valence-corrected chi connectivity index (χ1v) is 10.9. The van der Waals surface area contributed by atoms with Gasteiger partial charge < -0.3 is 15.3 Å². The lowest BCUT2D eigenvalue weighted by Crippen LogP contribution is -2.36. The van der Waals surface area contributed by atoms with Crippen molar-refractivity contribution in [1.82, 2.24) is 29.9 Å². The van der Waals surface area contributed by atoms with E-state index in [2.05, 4.69) is 46.3 Å². The van der Waals surface area contributed by atoms with E-state index in [1.165, 1.54) is 0 Å². The molecular formula is C21H21BrN8O. The number of benzene rings is 1. The second kappa shape index (κ2) is 8.10. The Kier molecular flexibility index (Phi) is 5.14. The molecule has 0 spiro atoms. The van der Waals surface area contributed by atoms with Crippen LogP contribution in [0.1, 0.15) is 18.9 Å². The minimum atomic E-state index is 0.180. The lowest BCUT2D eigenvalue weighted by molar-refractivity contribution is 0.374. The number of para-hydroxylation sites is 1. The molecule has 9 nitrogen and oxygen atoms in total. The Morgan fingerprint density at radius 2 is 1.84 bits per heavy atom. The van der Waals surface area contributed by atoms with E-state index in [0.29, 0.717) is 17.1 Å². The van der Waals surface area contributed by atoms with E-state index < -0.39 is 0 Å². The smallest absolute Gasteiger partial charge is 0.225 e. The molecule has 0 aliphatic carbocycles. The third-order valence-electron chi connectivity index (χ3n) is 5.57. The number of phenols is 1. The van der Waals surface area contributed by atoms with Gasteiger partial charge in [-0.1, -0.05) is 12.1 Å². The number of rotatable bonds is 4. The molecule has 158 valence electrons. The Bertz CT molecular complexity index is 1220. The summed E-state index contributed by atoms with van der Waals surface area (Å²) in [6.45, 7) is 1.68. The molecule has 1 aromatic carbocycles. The third-order valence-corrected chi connectivity index (χ3v) is 5.98. The molecule has 3 aromatic heterocycles. The lowest BCUT2D eigenvalue weighted by Gasteiger charge is -2.32. The molecule has 0 radical (unpaired) electrons. The number of aromatic hydroxyl groups is 1. The summed E-state index contributed by atoms with van der Waals surface area (Å²) in [6, 6.07) is 9.32. The van der Waals surface area contributed by atoms with Crippen LogP contribution in [0.25, 0.3) is 22.3 Å². The molecule has 1 fully saturated rings. The molecule has 0 saturated carbocycles. The maximum absolute atomic E-state index is 10.2. The Morgan fingerprint density at radius 3 is 2.55 bits per heavy atom. The second-order valence-corrected chi connectivity index (χ2v) is 8.36. The molecule has 0 atom stereocenters. The topological polar surface area (TPSA) is 105 Å². The van der Waals surface area contributed by atoms with Gasteiger partial charge in [0.1, 0.15) is 5.75 Å². The predicted molar refractivity (Wildman–Crippen MR) is 122 cm³/mol. The molecule has 0 amide bonds. The minimum absolute atomic E-state index is 0.180. The maximum atomic E-state index is 10.2. The van der Waals surface area contributed by atoms with Crippen molar-refractivity contribution in [3.8, 4) is 17.0 Å². The number of nitrogens with zero attached hydrogens (tertiary/aromatic N) is 7. The first-order valence-electron chi connectivity index (χ1n) is 10.1. The van der Waals surface area contributed by atoms with Gasteiger partial charge in [-0.3, -0.25) is 4.68 Å². The first-order chi connectivity index (χ1) is 15.1. The van der Waals surface area contributed by atoms with Crippen LogP contribution in [0.5, 0.6) is 5.75 Å². The van der Waals surface area contributed by atoms with E-state index in [0.717, 1.165) is 47.4 Å². The van der Waals surface area contributed by atoms with Crippen molar-refractivity contribution in [2.24, 2.45) is 0 Å². The maximum Gasteiger partial charge on any atom is 0.225 e. The van der Waals surface area contributed by atoms with E-state index in [4.69, 9.17) is 5.10 Å². The highest BCUT2D eigenvalue weighted by atomic mass is 79.9. The summed E-state index contributed by atoms with van der Waals surface area (Å²) in [5.74, 6) is 1.62. The number of fused-ring (bicyclic) bond motifs is 1. The van der Waals surface area contributed by atoms with Crippen molar-refractivity contribution in [2.45, 2.75) is 18.9 Å². The van der Waals surface area contributed by atoms with Crippen molar-refractivity contribution >= 4 is 38.7 Å². The monoisotopic (exact) mass is 480 g/mol. The van der Waals surface area contributed by atoms with Crippen LogP contribution in [0, 0.1) is 0 Å². The van der Waals surface area contributed by atoms with E-state index in [1.807, 2.05) is 29.9 Å².